The third-order valence-corrected chi connectivity index (χ3v) is 3.11. The van der Waals surface area contributed by atoms with Gasteiger partial charge in [0.15, 0.2) is 0 Å². The Bertz CT molecular complexity index is 783. The van der Waals surface area contributed by atoms with Gasteiger partial charge in [-0.2, -0.15) is 0 Å². The maximum atomic E-state index is 13.3. The number of nitrogens with two attached hydrogens (primary N) is 1. The highest BCUT2D eigenvalue weighted by atomic mass is 35.5. The number of imidazole rings is 1. The van der Waals surface area contributed by atoms with Crippen LogP contribution in [0.1, 0.15) is 0 Å². The SMILES string of the molecule is Nc1nc2ccc(F)cc2n1-c1cc(F)ccc1Cl. The number of rotatable bonds is 1. The molecule has 0 saturated heterocycles. The molecule has 0 unspecified atom stereocenters. The van der Waals surface area contributed by atoms with Crippen LogP contribution < -0.4 is 5.73 Å². The van der Waals surface area contributed by atoms with Gasteiger partial charge in [0, 0.05) is 6.07 Å². The lowest BCUT2D eigenvalue weighted by Crippen LogP contribution is -2.02. The first-order valence-corrected chi connectivity index (χ1v) is 5.83. The van der Waals surface area contributed by atoms with Gasteiger partial charge < -0.3 is 5.73 Å². The second-order valence-electron chi connectivity index (χ2n) is 4.03. The zero-order valence-corrected chi connectivity index (χ0v) is 10.3. The molecule has 0 aliphatic carbocycles. The minimum atomic E-state index is -0.461. The summed E-state index contributed by atoms with van der Waals surface area (Å²) in [7, 11) is 0. The van der Waals surface area contributed by atoms with Crippen LogP contribution in [0.2, 0.25) is 5.02 Å². The number of aromatic nitrogens is 2. The van der Waals surface area contributed by atoms with Crippen molar-refractivity contribution >= 4 is 28.6 Å². The maximum absolute atomic E-state index is 13.3. The summed E-state index contributed by atoms with van der Waals surface area (Å²) in [4.78, 5) is 4.09. The summed E-state index contributed by atoms with van der Waals surface area (Å²) in [6, 6.07) is 7.94. The van der Waals surface area contributed by atoms with Gasteiger partial charge in [-0.1, -0.05) is 11.6 Å². The first-order valence-electron chi connectivity index (χ1n) is 5.45. The van der Waals surface area contributed by atoms with Crippen molar-refractivity contribution in [3.63, 3.8) is 0 Å². The van der Waals surface area contributed by atoms with Gasteiger partial charge >= 0.3 is 0 Å². The Balaban J connectivity index is 2.38. The van der Waals surface area contributed by atoms with Crippen LogP contribution in [0.4, 0.5) is 14.7 Å². The molecule has 0 bridgehead atoms. The van der Waals surface area contributed by atoms with E-state index in [0.29, 0.717) is 21.7 Å². The average Bonchev–Trinajstić information content (AvgIpc) is 2.68. The molecule has 0 aliphatic rings. The van der Waals surface area contributed by atoms with E-state index in [2.05, 4.69) is 4.98 Å². The number of nitrogens with zero attached hydrogens (tertiary/aromatic N) is 2. The summed E-state index contributed by atoms with van der Waals surface area (Å²) in [6.07, 6.45) is 0. The number of hydrogen-bond donors (Lipinski definition) is 1. The Labute approximate surface area is 112 Å². The van der Waals surface area contributed by atoms with Crippen molar-refractivity contribution < 1.29 is 8.78 Å². The summed E-state index contributed by atoms with van der Waals surface area (Å²) in [5, 5.41) is 0.302. The lowest BCUT2D eigenvalue weighted by atomic mass is 10.2. The molecule has 0 radical (unpaired) electrons. The average molecular weight is 280 g/mol. The summed E-state index contributed by atoms with van der Waals surface area (Å²) >= 11 is 6.04. The Morgan fingerprint density at radius 3 is 2.53 bits per heavy atom. The first kappa shape index (κ1) is 11.9. The van der Waals surface area contributed by atoms with Crippen molar-refractivity contribution in [1.82, 2.24) is 9.55 Å². The van der Waals surface area contributed by atoms with E-state index >= 15 is 0 Å². The van der Waals surface area contributed by atoms with Gasteiger partial charge in [0.05, 0.1) is 21.7 Å². The summed E-state index contributed by atoms with van der Waals surface area (Å²) in [6.45, 7) is 0. The molecule has 3 aromatic rings. The fourth-order valence-electron chi connectivity index (χ4n) is 1.98. The van der Waals surface area contributed by atoms with E-state index in [-0.39, 0.29) is 5.95 Å². The number of fused-ring (bicyclic) bond motifs is 1. The quantitative estimate of drug-likeness (QED) is 0.740. The second kappa shape index (κ2) is 4.20. The third-order valence-electron chi connectivity index (χ3n) is 2.79. The number of hydrogen-bond acceptors (Lipinski definition) is 2. The van der Waals surface area contributed by atoms with Crippen molar-refractivity contribution in [2.24, 2.45) is 0 Å². The molecule has 96 valence electrons. The van der Waals surface area contributed by atoms with Crippen LogP contribution in [0.5, 0.6) is 0 Å². The molecular formula is C13H8ClF2N3. The molecule has 0 atom stereocenters. The number of benzene rings is 2. The Hall–Kier alpha value is -2.14. The molecule has 2 aromatic carbocycles. The molecule has 3 rings (SSSR count). The van der Waals surface area contributed by atoms with E-state index in [1.807, 2.05) is 0 Å². The maximum Gasteiger partial charge on any atom is 0.205 e. The highest BCUT2D eigenvalue weighted by molar-refractivity contribution is 6.32. The normalized spacial score (nSPS) is 11.1. The topological polar surface area (TPSA) is 43.8 Å². The van der Waals surface area contributed by atoms with Crippen molar-refractivity contribution in [2.75, 3.05) is 5.73 Å². The lowest BCUT2D eigenvalue weighted by molar-refractivity contribution is 0.626. The van der Waals surface area contributed by atoms with Gasteiger partial charge in [0.2, 0.25) is 5.95 Å². The zero-order valence-electron chi connectivity index (χ0n) is 9.57. The molecule has 6 heteroatoms. The molecule has 0 amide bonds. The van der Waals surface area contributed by atoms with Gasteiger partial charge in [-0.3, -0.25) is 4.57 Å². The van der Waals surface area contributed by atoms with Crippen molar-refractivity contribution in [1.29, 1.82) is 0 Å². The van der Waals surface area contributed by atoms with E-state index in [1.54, 1.807) is 0 Å². The van der Waals surface area contributed by atoms with Crippen LogP contribution in [0, 0.1) is 11.6 Å². The fourth-order valence-corrected chi connectivity index (χ4v) is 2.18. The standard InChI is InChI=1S/C13H8ClF2N3/c14-9-3-1-7(15)5-11(9)19-12-6-8(16)2-4-10(12)18-13(19)17/h1-6H,(H2,17,18). The zero-order chi connectivity index (χ0) is 13.6. The van der Waals surface area contributed by atoms with E-state index in [9.17, 15) is 8.78 Å². The number of anilines is 1. The third kappa shape index (κ3) is 1.92. The second-order valence-corrected chi connectivity index (χ2v) is 4.44. The summed E-state index contributed by atoms with van der Waals surface area (Å²) in [5.74, 6) is -0.772. The molecule has 1 heterocycles. The Morgan fingerprint density at radius 2 is 1.74 bits per heavy atom. The lowest BCUT2D eigenvalue weighted by Gasteiger charge is -2.08. The van der Waals surface area contributed by atoms with Gasteiger partial charge in [-0.15, -0.1) is 0 Å². The molecule has 0 fully saturated rings. The van der Waals surface area contributed by atoms with Crippen LogP contribution in [0.25, 0.3) is 16.7 Å². The predicted octanol–water partition coefficient (Wildman–Crippen LogP) is 3.54. The fraction of sp³-hybridized carbons (Fsp3) is 0. The van der Waals surface area contributed by atoms with Gasteiger partial charge in [0.1, 0.15) is 11.6 Å². The smallest absolute Gasteiger partial charge is 0.205 e. The van der Waals surface area contributed by atoms with E-state index in [4.69, 9.17) is 17.3 Å². The largest absolute Gasteiger partial charge is 0.369 e. The van der Waals surface area contributed by atoms with Crippen molar-refractivity contribution in [3.05, 3.63) is 53.1 Å². The van der Waals surface area contributed by atoms with Crippen LogP contribution in [-0.2, 0) is 0 Å². The molecule has 0 spiro atoms. The van der Waals surface area contributed by atoms with Crippen molar-refractivity contribution in [3.8, 4) is 5.69 Å². The predicted molar refractivity (Wildman–Crippen MR) is 70.4 cm³/mol. The van der Waals surface area contributed by atoms with E-state index in [1.165, 1.54) is 41.0 Å². The van der Waals surface area contributed by atoms with Gasteiger partial charge in [-0.25, -0.2) is 13.8 Å². The molecule has 0 saturated carbocycles. The molecule has 0 aliphatic heterocycles. The minimum absolute atomic E-state index is 0.119. The highest BCUT2D eigenvalue weighted by Crippen LogP contribution is 2.28. The molecular weight excluding hydrogens is 272 g/mol. The van der Waals surface area contributed by atoms with Gasteiger partial charge in [-0.05, 0) is 30.3 Å². The Morgan fingerprint density at radius 1 is 1.05 bits per heavy atom. The van der Waals surface area contributed by atoms with Gasteiger partial charge in [0.25, 0.3) is 0 Å². The van der Waals surface area contributed by atoms with Crippen LogP contribution in [0.3, 0.4) is 0 Å². The van der Waals surface area contributed by atoms with Crippen molar-refractivity contribution in [2.45, 2.75) is 0 Å². The minimum Gasteiger partial charge on any atom is -0.369 e. The molecule has 1 aromatic heterocycles. The molecule has 2 N–H and O–H groups in total. The summed E-state index contributed by atoms with van der Waals surface area (Å²) in [5.41, 5.74) is 7.08. The summed E-state index contributed by atoms with van der Waals surface area (Å²) < 4.78 is 28.1. The Kier molecular flexibility index (Phi) is 2.64. The monoisotopic (exact) mass is 279 g/mol. The molecule has 3 nitrogen and oxygen atoms in total. The van der Waals surface area contributed by atoms with Crippen LogP contribution in [0.15, 0.2) is 36.4 Å². The molecule has 19 heavy (non-hydrogen) atoms. The van der Waals surface area contributed by atoms with Crippen LogP contribution >= 0.6 is 11.6 Å². The first-order chi connectivity index (χ1) is 9.06. The number of nitrogen functional groups attached to an aromatic ring is 1. The van der Waals surface area contributed by atoms with E-state index < -0.39 is 11.6 Å². The number of halogens is 3. The van der Waals surface area contributed by atoms with Crippen LogP contribution in [-0.4, -0.2) is 9.55 Å². The van der Waals surface area contributed by atoms with E-state index in [0.717, 1.165) is 0 Å². The highest BCUT2D eigenvalue weighted by Gasteiger charge is 2.14.